The summed E-state index contributed by atoms with van der Waals surface area (Å²) in [6, 6.07) is 0. The lowest BCUT2D eigenvalue weighted by molar-refractivity contribution is -0.140. The Morgan fingerprint density at radius 3 is 2.77 bits per heavy atom. The average Bonchev–Trinajstić information content (AvgIpc) is 2.72. The van der Waals surface area contributed by atoms with Gasteiger partial charge in [-0.25, -0.2) is 0 Å². The molecule has 13 heavy (non-hydrogen) atoms. The van der Waals surface area contributed by atoms with Crippen LogP contribution in [-0.2, 0) is 9.53 Å². The second kappa shape index (κ2) is 10.3. The van der Waals surface area contributed by atoms with Crippen LogP contribution >= 0.6 is 34.2 Å². The first-order chi connectivity index (χ1) is 6.31. The van der Waals surface area contributed by atoms with Crippen LogP contribution in [0.15, 0.2) is 11.5 Å². The van der Waals surface area contributed by atoms with Gasteiger partial charge in [-0.1, -0.05) is 34.6 Å². The number of rotatable bonds is 3. The maximum absolute atomic E-state index is 10.3. The molecule has 1 heterocycles. The summed E-state index contributed by atoms with van der Waals surface area (Å²) in [4.78, 5) is 10.3. The van der Waals surface area contributed by atoms with Gasteiger partial charge in [0.15, 0.2) is 0 Å². The molecule has 0 aliphatic carbocycles. The number of hydrogen-bond acceptors (Lipinski definition) is 5. The summed E-state index contributed by atoms with van der Waals surface area (Å²) in [6.07, 6.45) is 3.04. The largest absolute Gasteiger partial charge is 0.465 e. The Hall–Kier alpha value is 0.260. The van der Waals surface area contributed by atoms with Gasteiger partial charge in [0.05, 0.1) is 12.4 Å². The van der Waals surface area contributed by atoms with Crippen LogP contribution in [0.1, 0.15) is 13.3 Å². The normalized spacial score (nSPS) is 13.4. The predicted octanol–water partition coefficient (Wildman–Crippen LogP) is 2.76. The van der Waals surface area contributed by atoms with Gasteiger partial charge in [-0.2, -0.15) is 12.6 Å². The van der Waals surface area contributed by atoms with Gasteiger partial charge in [0.1, 0.15) is 0 Å². The van der Waals surface area contributed by atoms with Crippen molar-refractivity contribution in [2.75, 3.05) is 18.1 Å². The van der Waals surface area contributed by atoms with Gasteiger partial charge in [-0.05, 0) is 11.8 Å². The molecule has 76 valence electrons. The molecular weight excluding hydrogens is 224 g/mol. The van der Waals surface area contributed by atoms with Crippen molar-refractivity contribution in [1.82, 2.24) is 0 Å². The second-order valence-corrected chi connectivity index (χ2v) is 4.77. The van der Waals surface area contributed by atoms with Crippen molar-refractivity contribution in [3.63, 3.8) is 0 Å². The summed E-state index contributed by atoms with van der Waals surface area (Å²) in [5.74, 6) is 1.14. The smallest absolute Gasteiger partial charge is 0.315 e. The minimum absolute atomic E-state index is 0.181. The van der Waals surface area contributed by atoms with Crippen LogP contribution in [0.4, 0.5) is 0 Å². The zero-order valence-corrected chi connectivity index (χ0v) is 10.1. The first kappa shape index (κ1) is 13.3. The highest BCUT2D eigenvalue weighted by Gasteiger charge is 1.94. The van der Waals surface area contributed by atoms with Crippen LogP contribution in [0.5, 0.6) is 0 Å². The Bertz CT molecular complexity index is 153. The number of carbonyl (C=O) groups is 1. The van der Waals surface area contributed by atoms with Crippen molar-refractivity contribution in [2.24, 2.45) is 0 Å². The van der Waals surface area contributed by atoms with Crippen LogP contribution in [0, 0.1) is 0 Å². The third-order valence-electron chi connectivity index (χ3n) is 0.980. The number of carbonyl (C=O) groups excluding carboxylic acids is 1. The summed E-state index contributed by atoms with van der Waals surface area (Å²) in [6.45, 7) is 2.46. The van der Waals surface area contributed by atoms with E-state index in [1.54, 1.807) is 0 Å². The highest BCUT2D eigenvalue weighted by molar-refractivity contribution is 8.78. The molecule has 0 atom stereocenters. The van der Waals surface area contributed by atoms with Crippen molar-refractivity contribution < 1.29 is 9.53 Å². The Labute approximate surface area is 92.7 Å². The van der Waals surface area contributed by atoms with E-state index in [0.29, 0.717) is 6.61 Å². The zero-order valence-electron chi connectivity index (χ0n) is 7.56. The third kappa shape index (κ3) is 10.2. The van der Waals surface area contributed by atoms with E-state index >= 15 is 0 Å². The summed E-state index contributed by atoms with van der Waals surface area (Å²) >= 11 is 3.71. The summed E-state index contributed by atoms with van der Waals surface area (Å²) in [7, 11) is 3.69. The molecule has 0 N–H and O–H groups in total. The van der Waals surface area contributed by atoms with E-state index in [4.69, 9.17) is 0 Å². The lowest BCUT2D eigenvalue weighted by Crippen LogP contribution is -2.05. The van der Waals surface area contributed by atoms with Crippen molar-refractivity contribution in [2.45, 2.75) is 13.3 Å². The van der Waals surface area contributed by atoms with E-state index in [1.807, 2.05) is 28.5 Å². The lowest BCUT2D eigenvalue weighted by atomic mass is 10.5. The first-order valence-electron chi connectivity index (χ1n) is 4.01. The number of ether oxygens (including phenoxy) is 1. The Morgan fingerprint density at radius 1 is 1.69 bits per heavy atom. The van der Waals surface area contributed by atoms with Crippen LogP contribution in [-0.4, -0.2) is 24.1 Å². The highest BCUT2D eigenvalue weighted by atomic mass is 33.1. The third-order valence-corrected chi connectivity index (χ3v) is 3.16. The summed E-state index contributed by atoms with van der Waals surface area (Å²) < 4.78 is 4.62. The van der Waals surface area contributed by atoms with Gasteiger partial charge in [-0.3, -0.25) is 4.79 Å². The molecule has 0 aromatic rings. The highest BCUT2D eigenvalue weighted by Crippen LogP contribution is 2.27. The molecule has 0 bridgehead atoms. The van der Waals surface area contributed by atoms with E-state index in [9.17, 15) is 4.79 Å². The van der Waals surface area contributed by atoms with Crippen molar-refractivity contribution in [3.05, 3.63) is 11.5 Å². The standard InChI is InChI=1S/C5H10O2S.C3H4S2/c1-2-3-7-5(6)4-8;1-2-4-5-3-1/h8H,2-4H2,1H3;1-2H,3H2. The number of hydrogen-bond donors (Lipinski definition) is 1. The van der Waals surface area contributed by atoms with Gasteiger partial charge < -0.3 is 4.74 Å². The molecule has 5 heteroatoms. The maximum atomic E-state index is 10.3. The van der Waals surface area contributed by atoms with E-state index in [2.05, 4.69) is 28.8 Å². The van der Waals surface area contributed by atoms with E-state index < -0.39 is 0 Å². The molecule has 0 unspecified atom stereocenters. The van der Waals surface area contributed by atoms with Gasteiger partial charge in [-0.15, -0.1) is 0 Å². The average molecular weight is 238 g/mol. The van der Waals surface area contributed by atoms with Gasteiger partial charge in [0.25, 0.3) is 0 Å². The number of esters is 1. The molecule has 0 saturated carbocycles. The van der Waals surface area contributed by atoms with Crippen molar-refractivity contribution in [3.8, 4) is 0 Å². The Morgan fingerprint density at radius 2 is 2.46 bits per heavy atom. The fraction of sp³-hybridized carbons (Fsp3) is 0.625. The van der Waals surface area contributed by atoms with Crippen LogP contribution < -0.4 is 0 Å². The van der Waals surface area contributed by atoms with Crippen LogP contribution in [0.2, 0.25) is 0 Å². The molecule has 1 aliphatic heterocycles. The predicted molar refractivity (Wildman–Crippen MR) is 64.3 cm³/mol. The SMILES string of the molecule is C1=CSSC1.CCCOC(=O)CS. The van der Waals surface area contributed by atoms with Crippen molar-refractivity contribution in [1.29, 1.82) is 0 Å². The van der Waals surface area contributed by atoms with E-state index in [0.717, 1.165) is 6.42 Å². The summed E-state index contributed by atoms with van der Waals surface area (Å²) in [5, 5.41) is 2.12. The lowest BCUT2D eigenvalue weighted by Gasteiger charge is -1.96. The molecule has 2 nitrogen and oxygen atoms in total. The zero-order chi connectivity index (χ0) is 9.94. The maximum Gasteiger partial charge on any atom is 0.315 e. The molecule has 0 saturated heterocycles. The fourth-order valence-corrected chi connectivity index (χ4v) is 2.12. The monoisotopic (exact) mass is 238 g/mol. The topological polar surface area (TPSA) is 26.3 Å². The van der Waals surface area contributed by atoms with E-state index in [-0.39, 0.29) is 11.7 Å². The molecule has 0 fully saturated rings. The Balaban J connectivity index is 0.000000243. The second-order valence-electron chi connectivity index (χ2n) is 2.13. The molecule has 1 rings (SSSR count). The number of thiol groups is 1. The van der Waals surface area contributed by atoms with Gasteiger partial charge in [0, 0.05) is 5.75 Å². The molecule has 1 aliphatic rings. The first-order valence-corrected chi connectivity index (χ1v) is 7.02. The minimum Gasteiger partial charge on any atom is -0.465 e. The minimum atomic E-state index is -0.241. The van der Waals surface area contributed by atoms with E-state index in [1.165, 1.54) is 5.75 Å². The van der Waals surface area contributed by atoms with Gasteiger partial charge in [0.2, 0.25) is 0 Å². The molecule has 0 aromatic carbocycles. The fourth-order valence-electron chi connectivity index (χ4n) is 0.458. The summed E-state index contributed by atoms with van der Waals surface area (Å²) in [5.41, 5.74) is 0. The molecule has 0 radical (unpaired) electrons. The molecular formula is C8H14O2S3. The molecule has 0 aromatic heterocycles. The van der Waals surface area contributed by atoms with Gasteiger partial charge >= 0.3 is 5.97 Å². The Kier molecular flexibility index (Phi) is 10.5. The quantitative estimate of drug-likeness (QED) is 0.464. The molecule has 0 spiro atoms. The van der Waals surface area contributed by atoms with Crippen LogP contribution in [0.3, 0.4) is 0 Å². The van der Waals surface area contributed by atoms with Crippen LogP contribution in [0.25, 0.3) is 0 Å². The molecule has 0 amide bonds. The van der Waals surface area contributed by atoms with Crippen molar-refractivity contribution >= 4 is 40.2 Å².